The summed E-state index contributed by atoms with van der Waals surface area (Å²) in [4.78, 5) is 11.0. The van der Waals surface area contributed by atoms with Gasteiger partial charge in [-0.25, -0.2) is 9.67 Å². The zero-order valence-corrected chi connectivity index (χ0v) is 18.1. The Kier molecular flexibility index (Phi) is 5.46. The first-order valence-corrected chi connectivity index (χ1v) is 11.1. The van der Waals surface area contributed by atoms with Crippen LogP contribution in [0, 0.1) is 25.7 Å². The van der Waals surface area contributed by atoms with Gasteiger partial charge < -0.3 is 10.4 Å². The van der Waals surface area contributed by atoms with E-state index in [0.29, 0.717) is 11.8 Å². The lowest BCUT2D eigenvalue weighted by Crippen LogP contribution is -2.43. The Labute approximate surface area is 183 Å². The summed E-state index contributed by atoms with van der Waals surface area (Å²) in [6, 6.07) is 10.4. The number of fused-ring (bicyclic) bond motifs is 1. The van der Waals surface area contributed by atoms with Crippen LogP contribution in [0.3, 0.4) is 0 Å². The lowest BCUT2D eigenvalue weighted by atomic mass is 9.77. The van der Waals surface area contributed by atoms with E-state index >= 15 is 0 Å². The van der Waals surface area contributed by atoms with Crippen LogP contribution in [0.5, 0.6) is 0 Å². The van der Waals surface area contributed by atoms with Crippen LogP contribution in [0.4, 0.5) is 5.82 Å². The van der Waals surface area contributed by atoms with Crippen molar-refractivity contribution >= 4 is 5.82 Å². The van der Waals surface area contributed by atoms with Gasteiger partial charge in [0.1, 0.15) is 5.82 Å². The van der Waals surface area contributed by atoms with Crippen molar-refractivity contribution < 1.29 is 5.11 Å². The van der Waals surface area contributed by atoms with E-state index in [1.165, 1.54) is 11.3 Å². The van der Waals surface area contributed by atoms with Gasteiger partial charge in [-0.3, -0.25) is 9.88 Å². The predicted molar refractivity (Wildman–Crippen MR) is 120 cm³/mol. The van der Waals surface area contributed by atoms with Crippen molar-refractivity contribution in [3.8, 4) is 5.69 Å². The second-order valence-electron chi connectivity index (χ2n) is 8.99. The van der Waals surface area contributed by atoms with Gasteiger partial charge in [-0.15, -0.1) is 0 Å². The van der Waals surface area contributed by atoms with E-state index in [2.05, 4.69) is 50.8 Å². The molecule has 2 aliphatic rings. The van der Waals surface area contributed by atoms with Crippen molar-refractivity contribution in [2.45, 2.75) is 45.4 Å². The SMILES string of the molecule is Cc1nn(-c2ccccc2)c(C)c1CN1C[C@H]2C[C@@H](Nc3cnccn3)[C@H](O)C[C@H]2C1. The third kappa shape index (κ3) is 4.07. The van der Waals surface area contributed by atoms with Crippen LogP contribution in [-0.4, -0.2) is 55.0 Å². The van der Waals surface area contributed by atoms with Crippen LogP contribution in [-0.2, 0) is 6.54 Å². The normalized spacial score (nSPS) is 26.0. The van der Waals surface area contributed by atoms with Crippen LogP contribution >= 0.6 is 0 Å². The highest BCUT2D eigenvalue weighted by Crippen LogP contribution is 2.38. The molecule has 2 N–H and O–H groups in total. The Balaban J connectivity index is 1.27. The summed E-state index contributed by atoms with van der Waals surface area (Å²) in [7, 11) is 0. The van der Waals surface area contributed by atoms with Crippen molar-refractivity contribution in [2.75, 3.05) is 18.4 Å². The van der Waals surface area contributed by atoms with Crippen LogP contribution in [0.1, 0.15) is 29.8 Å². The Morgan fingerprint density at radius 1 is 1.06 bits per heavy atom. The molecule has 2 fully saturated rings. The summed E-state index contributed by atoms with van der Waals surface area (Å²) in [6.45, 7) is 7.28. The summed E-state index contributed by atoms with van der Waals surface area (Å²) < 4.78 is 2.05. The van der Waals surface area contributed by atoms with E-state index in [0.717, 1.165) is 49.7 Å². The quantitative estimate of drug-likeness (QED) is 0.663. The molecule has 0 bridgehead atoms. The first kappa shape index (κ1) is 20.2. The molecule has 0 amide bonds. The molecule has 4 atom stereocenters. The van der Waals surface area contributed by atoms with E-state index < -0.39 is 0 Å². The standard InChI is InChI=1S/C24H30N6O/c1-16-21(17(2)30(28-16)20-6-4-3-5-7-20)15-29-13-18-10-22(23(31)11-19(18)14-29)27-24-12-25-8-9-26-24/h3-9,12,18-19,22-23,31H,10-11,13-15H2,1-2H3,(H,26,27)/t18-,19+,22-,23-/m1/s1. The molecule has 5 rings (SSSR count). The van der Waals surface area contributed by atoms with Gasteiger partial charge in [-0.05, 0) is 50.7 Å². The number of nitrogens with one attached hydrogen (secondary N) is 1. The first-order chi connectivity index (χ1) is 15.1. The number of likely N-dealkylation sites (tertiary alicyclic amines) is 1. The molecule has 1 aromatic carbocycles. The Bertz CT molecular complexity index is 1020. The number of aliphatic hydroxyl groups is 1. The summed E-state index contributed by atoms with van der Waals surface area (Å²) in [5, 5.41) is 18.9. The first-order valence-electron chi connectivity index (χ1n) is 11.1. The zero-order valence-electron chi connectivity index (χ0n) is 18.1. The predicted octanol–water partition coefficient (Wildman–Crippen LogP) is 2.96. The molecule has 0 radical (unpaired) electrons. The highest BCUT2D eigenvalue weighted by Gasteiger charge is 2.42. The van der Waals surface area contributed by atoms with E-state index in [1.807, 2.05) is 18.2 Å². The smallest absolute Gasteiger partial charge is 0.144 e. The molecule has 1 saturated heterocycles. The number of aromatic nitrogens is 4. The number of aliphatic hydroxyl groups excluding tert-OH is 1. The van der Waals surface area contributed by atoms with E-state index in [-0.39, 0.29) is 12.1 Å². The lowest BCUT2D eigenvalue weighted by molar-refractivity contribution is 0.0735. The van der Waals surface area contributed by atoms with Gasteiger partial charge in [0.2, 0.25) is 0 Å². The van der Waals surface area contributed by atoms with Gasteiger partial charge in [0, 0.05) is 43.3 Å². The number of nitrogens with zero attached hydrogens (tertiary/aromatic N) is 5. The lowest BCUT2D eigenvalue weighted by Gasteiger charge is -2.35. The number of aryl methyl sites for hydroxylation is 1. The molecule has 0 unspecified atom stereocenters. The average Bonchev–Trinajstić information content (AvgIpc) is 3.30. The van der Waals surface area contributed by atoms with Gasteiger partial charge in [0.05, 0.1) is 29.7 Å². The zero-order chi connectivity index (χ0) is 21.4. The van der Waals surface area contributed by atoms with Crippen molar-refractivity contribution in [3.05, 3.63) is 65.9 Å². The minimum atomic E-state index is -0.354. The van der Waals surface area contributed by atoms with Gasteiger partial charge >= 0.3 is 0 Å². The molecular formula is C24H30N6O. The molecule has 7 heteroatoms. The number of benzene rings is 1. The minimum absolute atomic E-state index is 0.0298. The molecule has 2 aromatic heterocycles. The van der Waals surface area contributed by atoms with Crippen molar-refractivity contribution in [1.82, 2.24) is 24.6 Å². The van der Waals surface area contributed by atoms with Gasteiger partial charge in [-0.2, -0.15) is 5.10 Å². The number of rotatable bonds is 5. The van der Waals surface area contributed by atoms with Gasteiger partial charge in [0.25, 0.3) is 0 Å². The number of para-hydroxylation sites is 1. The monoisotopic (exact) mass is 418 g/mol. The molecular weight excluding hydrogens is 388 g/mol. The van der Waals surface area contributed by atoms with E-state index in [9.17, 15) is 5.11 Å². The highest BCUT2D eigenvalue weighted by atomic mass is 16.3. The second kappa shape index (κ2) is 8.40. The number of hydrogen-bond donors (Lipinski definition) is 2. The van der Waals surface area contributed by atoms with Crippen molar-refractivity contribution in [2.24, 2.45) is 11.8 Å². The molecule has 3 heterocycles. The summed E-state index contributed by atoms with van der Waals surface area (Å²) in [5.41, 5.74) is 4.72. The van der Waals surface area contributed by atoms with Gasteiger partial charge in [-0.1, -0.05) is 18.2 Å². The van der Waals surface area contributed by atoms with Crippen LogP contribution in [0.15, 0.2) is 48.9 Å². The van der Waals surface area contributed by atoms with Crippen LogP contribution in [0.2, 0.25) is 0 Å². The fourth-order valence-corrected chi connectivity index (χ4v) is 5.32. The van der Waals surface area contributed by atoms with E-state index in [4.69, 9.17) is 5.10 Å². The fourth-order valence-electron chi connectivity index (χ4n) is 5.32. The largest absolute Gasteiger partial charge is 0.391 e. The molecule has 0 spiro atoms. The van der Waals surface area contributed by atoms with E-state index in [1.54, 1.807) is 18.6 Å². The fraction of sp³-hybridized carbons (Fsp3) is 0.458. The van der Waals surface area contributed by atoms with Crippen LogP contribution in [0.25, 0.3) is 5.69 Å². The number of anilines is 1. The molecule has 31 heavy (non-hydrogen) atoms. The maximum atomic E-state index is 10.7. The highest BCUT2D eigenvalue weighted by molar-refractivity contribution is 5.37. The summed E-state index contributed by atoms with van der Waals surface area (Å²) >= 11 is 0. The third-order valence-corrected chi connectivity index (χ3v) is 6.94. The molecule has 162 valence electrons. The summed E-state index contributed by atoms with van der Waals surface area (Å²) in [6.07, 6.45) is 6.50. The third-order valence-electron chi connectivity index (χ3n) is 6.94. The maximum absolute atomic E-state index is 10.7. The maximum Gasteiger partial charge on any atom is 0.144 e. The Hall–Kier alpha value is -2.77. The number of hydrogen-bond acceptors (Lipinski definition) is 6. The molecule has 1 saturated carbocycles. The van der Waals surface area contributed by atoms with Crippen molar-refractivity contribution in [1.29, 1.82) is 0 Å². The molecule has 1 aliphatic carbocycles. The molecule has 3 aromatic rings. The average molecular weight is 419 g/mol. The second-order valence-corrected chi connectivity index (χ2v) is 8.99. The minimum Gasteiger partial charge on any atom is -0.391 e. The molecule has 1 aliphatic heterocycles. The Morgan fingerprint density at radius 3 is 2.58 bits per heavy atom. The Morgan fingerprint density at radius 2 is 1.84 bits per heavy atom. The topological polar surface area (TPSA) is 79.1 Å². The molecule has 7 nitrogen and oxygen atoms in total. The van der Waals surface area contributed by atoms with Crippen molar-refractivity contribution in [3.63, 3.8) is 0 Å². The summed E-state index contributed by atoms with van der Waals surface area (Å²) in [5.74, 6) is 1.86. The van der Waals surface area contributed by atoms with Crippen LogP contribution < -0.4 is 5.32 Å². The van der Waals surface area contributed by atoms with Gasteiger partial charge in [0.15, 0.2) is 0 Å².